The van der Waals surface area contributed by atoms with Crippen LogP contribution in [0.15, 0.2) is 24.3 Å². The van der Waals surface area contributed by atoms with Gasteiger partial charge in [-0.1, -0.05) is 32.0 Å². The Morgan fingerprint density at radius 1 is 1.19 bits per heavy atom. The lowest BCUT2D eigenvalue weighted by Gasteiger charge is -2.19. The number of hydrogen-bond acceptors (Lipinski definition) is 3. The third kappa shape index (κ3) is 3.22. The number of ether oxygens (including phenoxy) is 1. The largest absolute Gasteiger partial charge is 0.493 e. The Kier molecular flexibility index (Phi) is 5.29. The highest BCUT2D eigenvalue weighted by atomic mass is 16.5. The lowest BCUT2D eigenvalue weighted by Crippen LogP contribution is -2.17. The first-order valence-electron chi connectivity index (χ1n) is 5.78. The molecule has 0 saturated carbocycles. The number of rotatable bonds is 6. The summed E-state index contributed by atoms with van der Waals surface area (Å²) in [5.41, 5.74) is 0.658. The highest BCUT2D eigenvalue weighted by Gasteiger charge is 2.19. The lowest BCUT2D eigenvalue weighted by atomic mass is 10.0. The van der Waals surface area contributed by atoms with Crippen LogP contribution in [-0.2, 0) is 0 Å². The van der Waals surface area contributed by atoms with Crippen LogP contribution in [0.4, 0.5) is 0 Å². The van der Waals surface area contributed by atoms with Crippen LogP contribution in [0.3, 0.4) is 0 Å². The molecule has 0 spiro atoms. The maximum absolute atomic E-state index is 9.94. The normalized spacial score (nSPS) is 14.5. The predicted octanol–water partition coefficient (Wildman–Crippen LogP) is 2.28. The molecular formula is C13H20O3. The molecule has 1 aromatic rings. The van der Waals surface area contributed by atoms with Gasteiger partial charge < -0.3 is 14.9 Å². The van der Waals surface area contributed by atoms with E-state index in [0.29, 0.717) is 24.3 Å². The highest BCUT2D eigenvalue weighted by molar-refractivity contribution is 5.35. The van der Waals surface area contributed by atoms with Crippen molar-refractivity contribution in [2.45, 2.75) is 38.9 Å². The van der Waals surface area contributed by atoms with E-state index < -0.39 is 12.2 Å². The Labute approximate surface area is 96.7 Å². The smallest absolute Gasteiger partial charge is 0.125 e. The summed E-state index contributed by atoms with van der Waals surface area (Å²) in [6.45, 7) is 4.48. The first kappa shape index (κ1) is 13.0. The van der Waals surface area contributed by atoms with E-state index in [1.807, 2.05) is 32.0 Å². The summed E-state index contributed by atoms with van der Waals surface area (Å²) in [7, 11) is 0. The second-order valence-corrected chi connectivity index (χ2v) is 3.81. The average molecular weight is 224 g/mol. The number of aliphatic hydroxyl groups excluding tert-OH is 2. The first-order valence-corrected chi connectivity index (χ1v) is 5.78. The van der Waals surface area contributed by atoms with Crippen molar-refractivity contribution in [1.29, 1.82) is 0 Å². The van der Waals surface area contributed by atoms with Crippen LogP contribution in [0, 0.1) is 0 Å². The molecule has 1 rings (SSSR count). The Bertz CT molecular complexity index is 312. The minimum atomic E-state index is -0.877. The molecule has 0 saturated heterocycles. The van der Waals surface area contributed by atoms with Gasteiger partial charge in [0.2, 0.25) is 0 Å². The zero-order valence-corrected chi connectivity index (χ0v) is 9.89. The molecule has 2 N–H and O–H groups in total. The van der Waals surface area contributed by atoms with Gasteiger partial charge in [0.05, 0.1) is 12.7 Å². The fraction of sp³-hybridized carbons (Fsp3) is 0.538. The van der Waals surface area contributed by atoms with E-state index in [2.05, 4.69) is 0 Å². The van der Waals surface area contributed by atoms with E-state index in [1.54, 1.807) is 6.07 Å². The second-order valence-electron chi connectivity index (χ2n) is 3.81. The molecule has 0 aliphatic heterocycles. The van der Waals surface area contributed by atoms with E-state index in [9.17, 15) is 10.2 Å². The summed E-state index contributed by atoms with van der Waals surface area (Å²) in [5, 5.41) is 19.6. The molecule has 0 aromatic heterocycles. The molecule has 0 bridgehead atoms. The first-order chi connectivity index (χ1) is 7.70. The Morgan fingerprint density at radius 2 is 1.88 bits per heavy atom. The van der Waals surface area contributed by atoms with Gasteiger partial charge in [0.1, 0.15) is 11.9 Å². The molecule has 0 aliphatic rings. The van der Waals surface area contributed by atoms with Gasteiger partial charge in [0.15, 0.2) is 0 Å². The van der Waals surface area contributed by atoms with E-state index >= 15 is 0 Å². The van der Waals surface area contributed by atoms with E-state index in [4.69, 9.17) is 4.74 Å². The average Bonchev–Trinajstić information content (AvgIpc) is 2.34. The maximum Gasteiger partial charge on any atom is 0.125 e. The number of para-hydroxylation sites is 1. The fourth-order valence-electron chi connectivity index (χ4n) is 1.50. The fourth-order valence-corrected chi connectivity index (χ4v) is 1.50. The SMILES string of the molecule is CCCOc1ccccc1C(O)C(O)CC. The van der Waals surface area contributed by atoms with Crippen LogP contribution in [0.1, 0.15) is 38.4 Å². The van der Waals surface area contributed by atoms with Crippen molar-refractivity contribution in [2.24, 2.45) is 0 Å². The Hall–Kier alpha value is -1.06. The summed E-state index contributed by atoms with van der Waals surface area (Å²) in [4.78, 5) is 0. The molecular weight excluding hydrogens is 204 g/mol. The molecule has 0 amide bonds. The van der Waals surface area contributed by atoms with Gasteiger partial charge in [-0.15, -0.1) is 0 Å². The Balaban J connectivity index is 2.84. The van der Waals surface area contributed by atoms with Gasteiger partial charge in [-0.3, -0.25) is 0 Å². The Morgan fingerprint density at radius 3 is 2.50 bits per heavy atom. The molecule has 1 aromatic carbocycles. The lowest BCUT2D eigenvalue weighted by molar-refractivity contribution is 0.0148. The number of benzene rings is 1. The summed E-state index contributed by atoms with van der Waals surface area (Å²) < 4.78 is 5.53. The van der Waals surface area contributed by atoms with Crippen LogP contribution in [0.5, 0.6) is 5.75 Å². The van der Waals surface area contributed by atoms with Crippen molar-refractivity contribution in [2.75, 3.05) is 6.61 Å². The minimum absolute atomic E-state index is 0.517. The second kappa shape index (κ2) is 6.51. The van der Waals surface area contributed by atoms with Crippen molar-refractivity contribution in [1.82, 2.24) is 0 Å². The van der Waals surface area contributed by atoms with Crippen LogP contribution >= 0.6 is 0 Å². The van der Waals surface area contributed by atoms with Gasteiger partial charge in [-0.05, 0) is 18.9 Å². The summed E-state index contributed by atoms with van der Waals surface area (Å²) >= 11 is 0. The van der Waals surface area contributed by atoms with Crippen LogP contribution in [0.25, 0.3) is 0 Å². The zero-order valence-electron chi connectivity index (χ0n) is 9.89. The van der Waals surface area contributed by atoms with Crippen molar-refractivity contribution < 1.29 is 14.9 Å². The quantitative estimate of drug-likeness (QED) is 0.779. The van der Waals surface area contributed by atoms with Crippen LogP contribution in [-0.4, -0.2) is 22.9 Å². The molecule has 2 atom stereocenters. The van der Waals surface area contributed by atoms with E-state index in [0.717, 1.165) is 6.42 Å². The highest BCUT2D eigenvalue weighted by Crippen LogP contribution is 2.28. The molecule has 0 fully saturated rings. The van der Waals surface area contributed by atoms with Gasteiger partial charge in [0, 0.05) is 5.56 Å². The van der Waals surface area contributed by atoms with Crippen molar-refractivity contribution in [3.05, 3.63) is 29.8 Å². The molecule has 0 radical (unpaired) electrons. The number of aliphatic hydroxyl groups is 2. The van der Waals surface area contributed by atoms with Crippen molar-refractivity contribution in [3.8, 4) is 5.75 Å². The van der Waals surface area contributed by atoms with Gasteiger partial charge >= 0.3 is 0 Å². The summed E-state index contributed by atoms with van der Waals surface area (Å²) in [5.74, 6) is 0.657. The minimum Gasteiger partial charge on any atom is -0.493 e. The third-order valence-electron chi connectivity index (χ3n) is 2.48. The molecule has 16 heavy (non-hydrogen) atoms. The summed E-state index contributed by atoms with van der Waals surface area (Å²) in [6.07, 6.45) is -0.186. The van der Waals surface area contributed by atoms with Gasteiger partial charge in [-0.25, -0.2) is 0 Å². The third-order valence-corrected chi connectivity index (χ3v) is 2.48. The topological polar surface area (TPSA) is 49.7 Å². The molecule has 0 heterocycles. The number of hydrogen-bond donors (Lipinski definition) is 2. The maximum atomic E-state index is 9.94. The van der Waals surface area contributed by atoms with Crippen LogP contribution < -0.4 is 4.74 Å². The zero-order chi connectivity index (χ0) is 12.0. The molecule has 90 valence electrons. The molecule has 3 nitrogen and oxygen atoms in total. The van der Waals surface area contributed by atoms with Gasteiger partial charge in [-0.2, -0.15) is 0 Å². The monoisotopic (exact) mass is 224 g/mol. The van der Waals surface area contributed by atoms with E-state index in [1.165, 1.54) is 0 Å². The van der Waals surface area contributed by atoms with Crippen LogP contribution in [0.2, 0.25) is 0 Å². The van der Waals surface area contributed by atoms with Gasteiger partial charge in [0.25, 0.3) is 0 Å². The van der Waals surface area contributed by atoms with Crippen molar-refractivity contribution in [3.63, 3.8) is 0 Å². The molecule has 2 unspecified atom stereocenters. The molecule has 3 heteroatoms. The predicted molar refractivity (Wildman–Crippen MR) is 63.5 cm³/mol. The standard InChI is InChI=1S/C13H20O3/c1-3-9-16-12-8-6-5-7-10(12)13(15)11(14)4-2/h5-8,11,13-15H,3-4,9H2,1-2H3. The van der Waals surface area contributed by atoms with E-state index in [-0.39, 0.29) is 0 Å². The molecule has 0 aliphatic carbocycles. The summed E-state index contributed by atoms with van der Waals surface area (Å²) in [6, 6.07) is 7.30. The van der Waals surface area contributed by atoms with Crippen molar-refractivity contribution >= 4 is 0 Å².